The van der Waals surface area contributed by atoms with Gasteiger partial charge in [-0.2, -0.15) is 0 Å². The summed E-state index contributed by atoms with van der Waals surface area (Å²) in [4.78, 5) is 24.3. The van der Waals surface area contributed by atoms with Crippen molar-refractivity contribution in [2.24, 2.45) is 7.05 Å². The molecule has 0 bridgehead atoms. The second-order valence-electron chi connectivity index (χ2n) is 8.81. The molecule has 0 N–H and O–H groups in total. The smallest absolute Gasteiger partial charge is 0.181 e. The van der Waals surface area contributed by atoms with Gasteiger partial charge in [-0.1, -0.05) is 0 Å². The molecule has 1 fully saturated rings. The van der Waals surface area contributed by atoms with Crippen LogP contribution in [0.1, 0.15) is 16.8 Å². The van der Waals surface area contributed by atoms with Gasteiger partial charge in [-0.3, -0.25) is 0 Å². The Morgan fingerprint density at radius 1 is 0.971 bits per heavy atom. The number of hydrogen-bond acceptors (Lipinski definition) is 7. The van der Waals surface area contributed by atoms with Crippen LogP contribution in [0.3, 0.4) is 0 Å². The Morgan fingerprint density at radius 2 is 1.80 bits per heavy atom. The third-order valence-electron chi connectivity index (χ3n) is 6.62. The second-order valence-corrected chi connectivity index (χ2v) is 8.81. The minimum absolute atomic E-state index is 0.308. The summed E-state index contributed by atoms with van der Waals surface area (Å²) in [6, 6.07) is 9.53. The van der Waals surface area contributed by atoms with Gasteiger partial charge in [-0.15, -0.1) is 0 Å². The van der Waals surface area contributed by atoms with E-state index in [0.717, 1.165) is 52.0 Å². The van der Waals surface area contributed by atoms with E-state index in [2.05, 4.69) is 29.8 Å². The normalized spacial score (nSPS) is 14.2. The molecule has 9 heteroatoms. The molecule has 1 saturated heterocycles. The van der Waals surface area contributed by atoms with Gasteiger partial charge < -0.3 is 14.2 Å². The predicted octanol–water partition coefficient (Wildman–Crippen LogP) is 3.85. The van der Waals surface area contributed by atoms with Crippen LogP contribution in [-0.2, 0) is 18.2 Å². The molecule has 2 aromatic carbocycles. The molecule has 8 nitrogen and oxygen atoms in total. The van der Waals surface area contributed by atoms with Crippen LogP contribution in [-0.4, -0.2) is 55.8 Å². The van der Waals surface area contributed by atoms with Gasteiger partial charge >= 0.3 is 0 Å². The first-order chi connectivity index (χ1) is 17.1. The number of imidazole rings is 1. The molecular weight excluding hydrogens is 445 g/mol. The van der Waals surface area contributed by atoms with E-state index >= 15 is 4.39 Å². The molecule has 0 spiro atoms. The highest BCUT2D eigenvalue weighted by molar-refractivity contribution is 5.94. The van der Waals surface area contributed by atoms with Crippen molar-refractivity contribution in [1.29, 1.82) is 0 Å². The summed E-state index contributed by atoms with van der Waals surface area (Å²) in [5, 5.41) is 0.814. The van der Waals surface area contributed by atoms with Crippen LogP contribution in [0.15, 0.2) is 49.3 Å². The van der Waals surface area contributed by atoms with E-state index in [1.165, 1.54) is 12.7 Å². The molecule has 0 unspecified atom stereocenters. The molecule has 0 saturated carbocycles. The van der Waals surface area contributed by atoms with E-state index in [0.29, 0.717) is 36.5 Å². The first kappa shape index (κ1) is 21.5. The monoisotopic (exact) mass is 469 g/mol. The van der Waals surface area contributed by atoms with E-state index in [4.69, 9.17) is 4.74 Å². The zero-order valence-corrected chi connectivity index (χ0v) is 19.6. The average molecular weight is 470 g/mol. The van der Waals surface area contributed by atoms with Gasteiger partial charge in [0.1, 0.15) is 24.0 Å². The van der Waals surface area contributed by atoms with Gasteiger partial charge in [0.2, 0.25) is 0 Å². The number of aryl methyl sites for hydroxylation is 2. The molecule has 5 aromatic rings. The van der Waals surface area contributed by atoms with Crippen LogP contribution in [0, 0.1) is 12.7 Å². The quantitative estimate of drug-likeness (QED) is 0.395. The zero-order valence-electron chi connectivity index (χ0n) is 19.6. The van der Waals surface area contributed by atoms with E-state index in [9.17, 15) is 0 Å². The van der Waals surface area contributed by atoms with Crippen LogP contribution in [0.4, 0.5) is 10.1 Å². The van der Waals surface area contributed by atoms with E-state index in [1.807, 2.05) is 42.8 Å². The van der Waals surface area contributed by atoms with Crippen LogP contribution in [0.5, 0.6) is 0 Å². The van der Waals surface area contributed by atoms with Crippen LogP contribution < -0.4 is 4.90 Å². The zero-order chi connectivity index (χ0) is 23.9. The summed E-state index contributed by atoms with van der Waals surface area (Å²) in [5.41, 5.74) is 7.09. The van der Waals surface area contributed by atoms with E-state index in [1.54, 1.807) is 12.4 Å². The number of anilines is 1. The number of halogens is 1. The minimum Gasteiger partial charge on any atom is -0.378 e. The van der Waals surface area contributed by atoms with Crippen LogP contribution in [0.25, 0.3) is 33.3 Å². The van der Waals surface area contributed by atoms with Crippen molar-refractivity contribution in [2.45, 2.75) is 13.3 Å². The fourth-order valence-corrected chi connectivity index (χ4v) is 4.74. The topological polar surface area (TPSA) is 81.8 Å². The van der Waals surface area contributed by atoms with Crippen molar-refractivity contribution in [3.8, 4) is 11.3 Å². The highest BCUT2D eigenvalue weighted by Gasteiger charge is 2.18. The number of hydrogen-bond donors (Lipinski definition) is 0. The Bertz CT molecular complexity index is 1560. The number of ether oxygens (including phenoxy) is 1. The van der Waals surface area contributed by atoms with E-state index in [-0.39, 0.29) is 5.82 Å². The maximum Gasteiger partial charge on any atom is 0.181 e. The summed E-state index contributed by atoms with van der Waals surface area (Å²) in [6.07, 6.45) is 5.28. The third-order valence-corrected chi connectivity index (χ3v) is 6.62. The highest BCUT2D eigenvalue weighted by Crippen LogP contribution is 2.32. The molecule has 6 rings (SSSR count). The number of benzene rings is 2. The maximum atomic E-state index is 15.3. The lowest BCUT2D eigenvalue weighted by atomic mass is 9.97. The predicted molar refractivity (Wildman–Crippen MR) is 132 cm³/mol. The van der Waals surface area contributed by atoms with Gasteiger partial charge in [0, 0.05) is 43.2 Å². The number of rotatable bonds is 4. The number of aromatic nitrogens is 6. The Labute approximate surface area is 201 Å². The van der Waals surface area contributed by atoms with Crippen molar-refractivity contribution in [2.75, 3.05) is 31.2 Å². The van der Waals surface area contributed by atoms with Gasteiger partial charge in [-0.25, -0.2) is 29.3 Å². The average Bonchev–Trinajstić information content (AvgIpc) is 3.27. The summed E-state index contributed by atoms with van der Waals surface area (Å²) in [5.74, 6) is -0.308. The fourth-order valence-electron chi connectivity index (χ4n) is 4.74. The molecule has 0 aliphatic carbocycles. The molecule has 3 aromatic heterocycles. The largest absolute Gasteiger partial charge is 0.378 e. The molecule has 0 amide bonds. The van der Waals surface area contributed by atoms with Crippen molar-refractivity contribution in [1.82, 2.24) is 29.5 Å². The number of fused-ring (bicyclic) bond motifs is 2. The Morgan fingerprint density at radius 3 is 2.66 bits per heavy atom. The SMILES string of the molecule is Cc1cc(F)c(-c2ncnc3cc(N4CCOCC4)ccc23)cc1Cc1ncnc2ncn(C)c12. The molecule has 0 atom stereocenters. The van der Waals surface area contributed by atoms with Gasteiger partial charge in [0.05, 0.1) is 36.4 Å². The summed E-state index contributed by atoms with van der Waals surface area (Å²) >= 11 is 0. The molecular formula is C26H24FN7O. The molecule has 1 aliphatic rings. The highest BCUT2D eigenvalue weighted by atomic mass is 19.1. The summed E-state index contributed by atoms with van der Waals surface area (Å²) in [7, 11) is 1.92. The van der Waals surface area contributed by atoms with Crippen LogP contribution >= 0.6 is 0 Å². The van der Waals surface area contributed by atoms with Crippen molar-refractivity contribution in [3.63, 3.8) is 0 Å². The fraction of sp³-hybridized carbons (Fsp3) is 0.269. The lowest BCUT2D eigenvalue weighted by molar-refractivity contribution is 0.122. The third kappa shape index (κ3) is 3.87. The minimum atomic E-state index is -0.308. The molecule has 4 heterocycles. The van der Waals surface area contributed by atoms with Gasteiger partial charge in [-0.05, 0) is 48.4 Å². The molecule has 0 radical (unpaired) electrons. The Kier molecular flexibility index (Phi) is 5.33. The lowest BCUT2D eigenvalue weighted by Crippen LogP contribution is -2.36. The molecule has 1 aliphatic heterocycles. The lowest BCUT2D eigenvalue weighted by Gasteiger charge is -2.29. The molecule has 35 heavy (non-hydrogen) atoms. The Balaban J connectivity index is 1.42. The Hall–Kier alpha value is -3.98. The van der Waals surface area contributed by atoms with Gasteiger partial charge in [0.25, 0.3) is 0 Å². The van der Waals surface area contributed by atoms with Crippen molar-refractivity contribution >= 4 is 27.8 Å². The summed E-state index contributed by atoms with van der Waals surface area (Å²) in [6.45, 7) is 5.01. The van der Waals surface area contributed by atoms with Crippen molar-refractivity contribution in [3.05, 3.63) is 72.0 Å². The number of nitrogens with zero attached hydrogens (tertiary/aromatic N) is 7. The second kappa shape index (κ2) is 8.66. The first-order valence-corrected chi connectivity index (χ1v) is 11.6. The summed E-state index contributed by atoms with van der Waals surface area (Å²) < 4.78 is 22.7. The van der Waals surface area contributed by atoms with E-state index < -0.39 is 0 Å². The molecule has 176 valence electrons. The maximum absolute atomic E-state index is 15.3. The first-order valence-electron chi connectivity index (χ1n) is 11.6. The van der Waals surface area contributed by atoms with Crippen LogP contribution in [0.2, 0.25) is 0 Å². The number of morpholine rings is 1. The standard InChI is InChI=1S/C26H24FN7O/c1-16-9-21(27)20(10-17(16)11-23-25-26(31-14-29-23)32-15-33(25)2)24-19-4-3-18(12-22(19)28-13-30-24)34-5-7-35-8-6-34/h3-4,9-10,12-15H,5-8,11H2,1-2H3. The van der Waals surface area contributed by atoms with Crippen molar-refractivity contribution < 1.29 is 9.13 Å². The van der Waals surface area contributed by atoms with Gasteiger partial charge in [0.15, 0.2) is 5.65 Å².